The van der Waals surface area contributed by atoms with Gasteiger partial charge in [-0.25, -0.2) is 0 Å². The molecule has 3 atom stereocenters. The van der Waals surface area contributed by atoms with E-state index in [-0.39, 0.29) is 29.4 Å². The van der Waals surface area contributed by atoms with E-state index in [9.17, 15) is 9.59 Å². The summed E-state index contributed by atoms with van der Waals surface area (Å²) < 4.78 is 0. The van der Waals surface area contributed by atoms with Crippen LogP contribution in [0.3, 0.4) is 0 Å². The highest BCUT2D eigenvalue weighted by atomic mass is 16.2. The molecule has 1 saturated heterocycles. The number of nitrogens with zero attached hydrogens (tertiary/aromatic N) is 2. The number of nitrogens with one attached hydrogen (secondary N) is 1. The molecule has 0 aliphatic carbocycles. The van der Waals surface area contributed by atoms with Gasteiger partial charge in [-0.2, -0.15) is 0 Å². The van der Waals surface area contributed by atoms with Crippen LogP contribution in [0.15, 0.2) is 61.2 Å². The summed E-state index contributed by atoms with van der Waals surface area (Å²) in [4.78, 5) is 30.5. The number of allylic oxidation sites excluding steroid dienone is 1. The van der Waals surface area contributed by atoms with Gasteiger partial charge in [-0.1, -0.05) is 56.3 Å². The minimum absolute atomic E-state index is 0.00503. The van der Waals surface area contributed by atoms with Crippen molar-refractivity contribution in [2.75, 3.05) is 10.2 Å². The van der Waals surface area contributed by atoms with E-state index >= 15 is 0 Å². The minimum Gasteiger partial charge on any atom is -0.324 e. The Morgan fingerprint density at radius 2 is 1.90 bits per heavy atom. The Morgan fingerprint density at radius 3 is 2.63 bits per heavy atom. The number of para-hydroxylation sites is 2. The van der Waals surface area contributed by atoms with E-state index in [1.165, 1.54) is 0 Å². The molecule has 2 aromatic carbocycles. The standard InChI is InChI=1S/C25H27N3O2/c1-5-24(3,4)25-14-21-22(30)26-19-12-8-6-10-17(19)15-27(21)23(25)28(16(2)29)20-13-9-7-11-18(20)25/h5-13,21,23H,1,14-15H2,2-4H3,(H,26,30)/t21?,23-,25-/m0/s1. The summed E-state index contributed by atoms with van der Waals surface area (Å²) in [5.74, 6) is -0.0117. The number of hydrogen-bond acceptors (Lipinski definition) is 3. The predicted molar refractivity (Wildman–Crippen MR) is 118 cm³/mol. The molecular weight excluding hydrogens is 374 g/mol. The Balaban J connectivity index is 1.77. The van der Waals surface area contributed by atoms with Crippen LogP contribution in [0, 0.1) is 5.41 Å². The first kappa shape index (κ1) is 19.1. The van der Waals surface area contributed by atoms with Crippen LogP contribution in [0.5, 0.6) is 0 Å². The highest BCUT2D eigenvalue weighted by Gasteiger charge is 2.67. The fourth-order valence-electron chi connectivity index (χ4n) is 5.89. The smallest absolute Gasteiger partial charge is 0.241 e. The first-order valence-electron chi connectivity index (χ1n) is 10.5. The topological polar surface area (TPSA) is 52.7 Å². The maximum Gasteiger partial charge on any atom is 0.241 e. The van der Waals surface area contributed by atoms with E-state index in [1.54, 1.807) is 6.92 Å². The molecule has 2 aromatic rings. The third kappa shape index (κ3) is 2.27. The van der Waals surface area contributed by atoms with Crippen molar-refractivity contribution in [3.8, 4) is 0 Å². The molecular formula is C25H27N3O2. The van der Waals surface area contributed by atoms with Gasteiger partial charge < -0.3 is 5.32 Å². The van der Waals surface area contributed by atoms with Crippen LogP contribution in [0.25, 0.3) is 0 Å². The van der Waals surface area contributed by atoms with Crippen LogP contribution < -0.4 is 10.2 Å². The molecule has 0 saturated carbocycles. The monoisotopic (exact) mass is 401 g/mol. The van der Waals surface area contributed by atoms with Gasteiger partial charge in [0.15, 0.2) is 0 Å². The lowest BCUT2D eigenvalue weighted by Crippen LogP contribution is -2.56. The Bertz CT molecular complexity index is 1080. The molecule has 3 heterocycles. The number of carbonyl (C=O) groups excluding carboxylic acids is 2. The molecule has 1 fully saturated rings. The summed E-state index contributed by atoms with van der Waals surface area (Å²) in [6, 6.07) is 15.8. The van der Waals surface area contributed by atoms with E-state index in [0.717, 1.165) is 22.5 Å². The molecule has 0 radical (unpaired) electrons. The molecule has 5 heteroatoms. The number of benzene rings is 2. The summed E-state index contributed by atoms with van der Waals surface area (Å²) in [5.41, 5.74) is 3.25. The Hall–Kier alpha value is -2.92. The summed E-state index contributed by atoms with van der Waals surface area (Å²) in [6.07, 6.45) is 2.37. The predicted octanol–water partition coefficient (Wildman–Crippen LogP) is 4.06. The zero-order chi connectivity index (χ0) is 21.3. The van der Waals surface area contributed by atoms with Crippen molar-refractivity contribution in [2.24, 2.45) is 5.41 Å². The summed E-state index contributed by atoms with van der Waals surface area (Å²) in [6.45, 7) is 10.7. The van der Waals surface area contributed by atoms with Crippen molar-refractivity contribution in [1.29, 1.82) is 0 Å². The molecule has 3 aliphatic rings. The Labute approximate surface area is 177 Å². The highest BCUT2D eigenvalue weighted by molar-refractivity contribution is 6.00. The third-order valence-corrected chi connectivity index (χ3v) is 7.49. The maximum absolute atomic E-state index is 13.4. The van der Waals surface area contributed by atoms with Crippen molar-refractivity contribution >= 4 is 23.2 Å². The van der Waals surface area contributed by atoms with Crippen molar-refractivity contribution in [3.05, 3.63) is 72.3 Å². The van der Waals surface area contributed by atoms with Crippen LogP contribution in [-0.2, 0) is 21.5 Å². The SMILES string of the molecule is C=CC(C)(C)[C@]12CC3C(=O)Nc4ccccc4CN3[C@H]1N(C(C)=O)c1ccccc12. The van der Waals surface area contributed by atoms with Gasteiger partial charge in [0.05, 0.1) is 6.04 Å². The molecule has 5 rings (SSSR count). The van der Waals surface area contributed by atoms with Gasteiger partial charge >= 0.3 is 0 Å². The largest absolute Gasteiger partial charge is 0.324 e. The van der Waals surface area contributed by atoms with Crippen LogP contribution in [-0.4, -0.2) is 28.9 Å². The van der Waals surface area contributed by atoms with Crippen molar-refractivity contribution in [3.63, 3.8) is 0 Å². The lowest BCUT2D eigenvalue weighted by molar-refractivity contribution is -0.122. The first-order chi connectivity index (χ1) is 14.3. The van der Waals surface area contributed by atoms with Gasteiger partial charge in [-0.3, -0.25) is 19.4 Å². The fraction of sp³-hybridized carbons (Fsp3) is 0.360. The summed E-state index contributed by atoms with van der Waals surface area (Å²) in [5, 5.41) is 3.13. The van der Waals surface area contributed by atoms with E-state index < -0.39 is 5.41 Å². The van der Waals surface area contributed by atoms with Gasteiger partial charge in [0.2, 0.25) is 11.8 Å². The maximum atomic E-state index is 13.4. The molecule has 0 spiro atoms. The second kappa shape index (κ2) is 6.29. The van der Waals surface area contributed by atoms with Gasteiger partial charge in [-0.15, -0.1) is 6.58 Å². The van der Waals surface area contributed by atoms with Gasteiger partial charge in [0.1, 0.15) is 6.17 Å². The van der Waals surface area contributed by atoms with Crippen molar-refractivity contribution in [2.45, 2.75) is 51.4 Å². The average molecular weight is 402 g/mol. The number of fused-ring (bicyclic) bond motifs is 6. The molecule has 0 bridgehead atoms. The van der Waals surface area contributed by atoms with Crippen LogP contribution >= 0.6 is 0 Å². The van der Waals surface area contributed by atoms with Crippen molar-refractivity contribution in [1.82, 2.24) is 4.90 Å². The molecule has 30 heavy (non-hydrogen) atoms. The average Bonchev–Trinajstić information content (AvgIpc) is 3.16. The van der Waals surface area contributed by atoms with Crippen molar-refractivity contribution < 1.29 is 9.59 Å². The number of rotatable bonds is 2. The highest BCUT2D eigenvalue weighted by Crippen LogP contribution is 2.62. The van der Waals surface area contributed by atoms with Crippen LogP contribution in [0.1, 0.15) is 38.3 Å². The lowest BCUT2D eigenvalue weighted by Gasteiger charge is -2.45. The number of amides is 2. The second-order valence-electron chi connectivity index (χ2n) is 9.22. The van der Waals surface area contributed by atoms with Gasteiger partial charge in [-0.05, 0) is 35.1 Å². The molecule has 0 aromatic heterocycles. The number of hydrogen-bond donors (Lipinski definition) is 1. The zero-order valence-electron chi connectivity index (χ0n) is 17.7. The molecule has 154 valence electrons. The van der Waals surface area contributed by atoms with Gasteiger partial charge in [0, 0.05) is 30.3 Å². The van der Waals surface area contributed by atoms with Crippen LogP contribution in [0.4, 0.5) is 11.4 Å². The molecule has 1 unspecified atom stereocenters. The van der Waals surface area contributed by atoms with E-state index in [1.807, 2.05) is 47.4 Å². The van der Waals surface area contributed by atoms with E-state index in [0.29, 0.717) is 13.0 Å². The first-order valence-corrected chi connectivity index (χ1v) is 10.5. The lowest BCUT2D eigenvalue weighted by atomic mass is 9.60. The summed E-state index contributed by atoms with van der Waals surface area (Å²) >= 11 is 0. The molecule has 2 amide bonds. The minimum atomic E-state index is -0.425. The quantitative estimate of drug-likeness (QED) is 0.773. The third-order valence-electron chi connectivity index (χ3n) is 7.49. The zero-order valence-corrected chi connectivity index (χ0v) is 17.7. The Morgan fingerprint density at radius 1 is 1.20 bits per heavy atom. The number of anilines is 2. The van der Waals surface area contributed by atoms with E-state index in [4.69, 9.17) is 0 Å². The van der Waals surface area contributed by atoms with E-state index in [2.05, 4.69) is 42.8 Å². The summed E-state index contributed by atoms with van der Waals surface area (Å²) in [7, 11) is 0. The Kier molecular flexibility index (Phi) is 4.00. The normalized spacial score (nSPS) is 27.4. The van der Waals surface area contributed by atoms with Gasteiger partial charge in [0.25, 0.3) is 0 Å². The molecule has 1 N–H and O–H groups in total. The molecule has 3 aliphatic heterocycles. The molecule has 5 nitrogen and oxygen atoms in total. The fourth-order valence-corrected chi connectivity index (χ4v) is 5.89. The second-order valence-corrected chi connectivity index (χ2v) is 9.22. The number of carbonyl (C=O) groups is 2. The van der Waals surface area contributed by atoms with Crippen LogP contribution in [0.2, 0.25) is 0 Å².